The van der Waals surface area contributed by atoms with Crippen molar-refractivity contribution < 1.29 is 14.3 Å². The van der Waals surface area contributed by atoms with Crippen molar-refractivity contribution >= 4 is 29.2 Å². The summed E-state index contributed by atoms with van der Waals surface area (Å²) in [7, 11) is 2.74. The van der Waals surface area contributed by atoms with Crippen LogP contribution in [0.15, 0.2) is 40.5 Å². The molecular weight excluding hydrogens is 348 g/mol. The average Bonchev–Trinajstić information content (AvgIpc) is 2.59. The van der Waals surface area contributed by atoms with Gasteiger partial charge in [-0.1, -0.05) is 17.7 Å². The number of carbonyl (C=O) groups excluding carboxylic acids is 2. The predicted molar refractivity (Wildman–Crippen MR) is 90.2 cm³/mol. The van der Waals surface area contributed by atoms with Gasteiger partial charge in [-0.05, 0) is 19.1 Å². The van der Waals surface area contributed by atoms with E-state index in [-0.39, 0.29) is 16.3 Å². The maximum Gasteiger partial charge on any atom is 0.337 e. The number of ether oxygens (including phenoxy) is 1. The van der Waals surface area contributed by atoms with Crippen molar-refractivity contribution in [3.05, 3.63) is 56.7 Å². The molecule has 1 aliphatic heterocycles. The van der Waals surface area contributed by atoms with E-state index < -0.39 is 23.6 Å². The zero-order chi connectivity index (χ0) is 18.3. The molecule has 1 atom stereocenters. The molecule has 0 saturated carbocycles. The molecule has 2 amide bonds. The molecule has 9 heteroatoms. The number of rotatable bonds is 2. The molecule has 0 saturated heterocycles. The highest BCUT2D eigenvalue weighted by Crippen LogP contribution is 2.31. The molecule has 0 radical (unpaired) electrons. The molecule has 25 heavy (non-hydrogen) atoms. The van der Waals surface area contributed by atoms with Gasteiger partial charge in [0.05, 0.1) is 24.3 Å². The van der Waals surface area contributed by atoms with Gasteiger partial charge in [-0.3, -0.25) is 9.20 Å². The van der Waals surface area contributed by atoms with Crippen LogP contribution in [0.5, 0.6) is 0 Å². The molecule has 3 rings (SSSR count). The summed E-state index contributed by atoms with van der Waals surface area (Å²) in [6.07, 6.45) is 1.54. The standard InChI is InChI=1S/C16H15ClN4O4/c1-8-10(15(23)25-3)12(19-16(24)20(8)2)11-13(17)18-9-6-4-5-7-21(9)14(11)22/h4-7,12H,1-3H3,(H,19,24)/t12-/m0/s1. The number of esters is 1. The number of amides is 2. The van der Waals surface area contributed by atoms with Crippen molar-refractivity contribution in [1.82, 2.24) is 19.6 Å². The number of aromatic nitrogens is 2. The van der Waals surface area contributed by atoms with Gasteiger partial charge in [0.25, 0.3) is 5.56 Å². The van der Waals surface area contributed by atoms with Crippen molar-refractivity contribution in [2.75, 3.05) is 14.2 Å². The van der Waals surface area contributed by atoms with Crippen molar-refractivity contribution in [3.63, 3.8) is 0 Å². The summed E-state index contributed by atoms with van der Waals surface area (Å²) in [5.74, 6) is -0.664. The molecule has 3 heterocycles. The average molecular weight is 363 g/mol. The van der Waals surface area contributed by atoms with Gasteiger partial charge in [-0.25, -0.2) is 14.6 Å². The second kappa shape index (κ2) is 6.21. The third-order valence-corrected chi connectivity index (χ3v) is 4.46. The smallest absolute Gasteiger partial charge is 0.337 e. The molecule has 0 fully saturated rings. The molecule has 2 aromatic heterocycles. The second-order valence-electron chi connectivity index (χ2n) is 5.48. The van der Waals surface area contributed by atoms with Crippen LogP contribution in [0.1, 0.15) is 18.5 Å². The van der Waals surface area contributed by atoms with Gasteiger partial charge in [0.1, 0.15) is 10.8 Å². The number of urea groups is 1. The summed E-state index contributed by atoms with van der Waals surface area (Å²) in [4.78, 5) is 42.8. The van der Waals surface area contributed by atoms with Gasteiger partial charge in [0.2, 0.25) is 0 Å². The van der Waals surface area contributed by atoms with Crippen molar-refractivity contribution in [2.45, 2.75) is 13.0 Å². The lowest BCUT2D eigenvalue weighted by Crippen LogP contribution is -2.47. The summed E-state index contributed by atoms with van der Waals surface area (Å²) in [5, 5.41) is 2.53. The zero-order valence-electron chi connectivity index (χ0n) is 13.7. The van der Waals surface area contributed by atoms with E-state index in [9.17, 15) is 14.4 Å². The Hall–Kier alpha value is -2.87. The van der Waals surface area contributed by atoms with E-state index in [2.05, 4.69) is 10.3 Å². The Morgan fingerprint density at radius 2 is 2.08 bits per heavy atom. The van der Waals surface area contributed by atoms with Crippen molar-refractivity contribution in [2.24, 2.45) is 0 Å². The molecule has 0 bridgehead atoms. The number of hydrogen-bond donors (Lipinski definition) is 1. The fraction of sp³-hybridized carbons (Fsp3) is 0.250. The molecule has 0 aromatic carbocycles. The predicted octanol–water partition coefficient (Wildman–Crippen LogP) is 1.49. The number of carbonyl (C=O) groups is 2. The van der Waals surface area contributed by atoms with Crippen LogP contribution in [0.2, 0.25) is 5.15 Å². The minimum Gasteiger partial charge on any atom is -0.466 e. The Balaban J connectivity index is 2.30. The highest BCUT2D eigenvalue weighted by molar-refractivity contribution is 6.30. The van der Waals surface area contributed by atoms with E-state index in [0.717, 1.165) is 0 Å². The van der Waals surface area contributed by atoms with Gasteiger partial charge < -0.3 is 15.0 Å². The molecule has 0 unspecified atom stereocenters. The van der Waals surface area contributed by atoms with E-state index in [1.165, 1.54) is 29.7 Å². The first kappa shape index (κ1) is 17.0. The van der Waals surface area contributed by atoms with Gasteiger partial charge in [-0.2, -0.15) is 0 Å². The highest BCUT2D eigenvalue weighted by atomic mass is 35.5. The topological polar surface area (TPSA) is 93.0 Å². The first-order valence-corrected chi connectivity index (χ1v) is 7.74. The van der Waals surface area contributed by atoms with Crippen molar-refractivity contribution in [3.8, 4) is 0 Å². The molecule has 8 nitrogen and oxygen atoms in total. The number of pyridine rings is 1. The van der Waals surface area contributed by atoms with Crippen LogP contribution in [0.4, 0.5) is 4.79 Å². The number of hydrogen-bond acceptors (Lipinski definition) is 5. The van der Waals surface area contributed by atoms with E-state index >= 15 is 0 Å². The first-order chi connectivity index (χ1) is 11.9. The third kappa shape index (κ3) is 2.64. The number of allylic oxidation sites excluding steroid dienone is 1. The normalized spacial score (nSPS) is 17.7. The van der Waals surface area contributed by atoms with Gasteiger partial charge in [-0.15, -0.1) is 0 Å². The number of methoxy groups -OCH3 is 1. The lowest BCUT2D eigenvalue weighted by atomic mass is 9.97. The Morgan fingerprint density at radius 1 is 1.36 bits per heavy atom. The van der Waals surface area contributed by atoms with E-state index in [0.29, 0.717) is 11.3 Å². The van der Waals surface area contributed by atoms with Gasteiger partial charge in [0.15, 0.2) is 0 Å². The summed E-state index contributed by atoms with van der Waals surface area (Å²) < 4.78 is 6.12. The summed E-state index contributed by atoms with van der Waals surface area (Å²) in [5.41, 5.74) is 0.391. The molecule has 130 valence electrons. The number of nitrogens with one attached hydrogen (secondary N) is 1. The molecule has 1 aliphatic rings. The van der Waals surface area contributed by atoms with Crippen LogP contribution in [0, 0.1) is 0 Å². The minimum absolute atomic E-state index is 0.00608. The van der Waals surface area contributed by atoms with Crippen LogP contribution in [-0.2, 0) is 9.53 Å². The van der Waals surface area contributed by atoms with E-state index in [4.69, 9.17) is 16.3 Å². The summed E-state index contributed by atoms with van der Waals surface area (Å²) in [6, 6.07) is 3.50. The van der Waals surface area contributed by atoms with Crippen LogP contribution in [0.3, 0.4) is 0 Å². The summed E-state index contributed by atoms with van der Waals surface area (Å²) in [6.45, 7) is 1.60. The molecule has 1 N–H and O–H groups in total. The lowest BCUT2D eigenvalue weighted by Gasteiger charge is -2.32. The van der Waals surface area contributed by atoms with Crippen LogP contribution < -0.4 is 10.9 Å². The largest absolute Gasteiger partial charge is 0.466 e. The monoisotopic (exact) mass is 362 g/mol. The molecule has 0 aliphatic carbocycles. The van der Waals surface area contributed by atoms with Crippen LogP contribution in [0.25, 0.3) is 5.65 Å². The lowest BCUT2D eigenvalue weighted by molar-refractivity contribution is -0.136. The maximum absolute atomic E-state index is 12.9. The number of fused-ring (bicyclic) bond motifs is 1. The van der Waals surface area contributed by atoms with Crippen LogP contribution in [-0.4, -0.2) is 40.4 Å². The molecular formula is C16H15ClN4O4. The highest BCUT2D eigenvalue weighted by Gasteiger charge is 2.37. The molecule has 0 spiro atoms. The maximum atomic E-state index is 12.9. The van der Waals surface area contributed by atoms with E-state index in [1.54, 1.807) is 25.1 Å². The fourth-order valence-corrected chi connectivity index (χ4v) is 3.02. The quantitative estimate of drug-likeness (QED) is 0.645. The Labute approximate surface area is 147 Å². The fourth-order valence-electron chi connectivity index (χ4n) is 2.74. The second-order valence-corrected chi connectivity index (χ2v) is 5.84. The van der Waals surface area contributed by atoms with Crippen molar-refractivity contribution in [1.29, 1.82) is 0 Å². The number of nitrogens with zero attached hydrogens (tertiary/aromatic N) is 3. The van der Waals surface area contributed by atoms with Crippen LogP contribution >= 0.6 is 11.6 Å². The summed E-state index contributed by atoms with van der Waals surface area (Å²) >= 11 is 6.22. The third-order valence-electron chi connectivity index (χ3n) is 4.17. The number of halogens is 1. The van der Waals surface area contributed by atoms with Gasteiger partial charge in [0, 0.05) is 18.9 Å². The van der Waals surface area contributed by atoms with Gasteiger partial charge >= 0.3 is 12.0 Å². The SMILES string of the molecule is COC(=O)C1=C(C)N(C)C(=O)N[C@@H]1c1c(Cl)nc2ccccn2c1=O. The zero-order valence-corrected chi connectivity index (χ0v) is 14.5. The Kier molecular flexibility index (Phi) is 4.22. The first-order valence-electron chi connectivity index (χ1n) is 7.37. The molecule has 2 aromatic rings. The Bertz CT molecular complexity index is 982. The minimum atomic E-state index is -1.05. The Morgan fingerprint density at radius 3 is 2.76 bits per heavy atom. The van der Waals surface area contributed by atoms with E-state index in [1.807, 2.05) is 0 Å².